The maximum Gasteiger partial charge on any atom is 0.257 e. The minimum Gasteiger partial charge on any atom is -0.354 e. The van der Waals surface area contributed by atoms with Gasteiger partial charge in [-0.05, 0) is 19.2 Å². The lowest BCUT2D eigenvalue weighted by Gasteiger charge is -2.11. The van der Waals surface area contributed by atoms with Crippen LogP contribution in [-0.4, -0.2) is 49.3 Å². The van der Waals surface area contributed by atoms with Crippen molar-refractivity contribution in [1.82, 2.24) is 24.7 Å². The minimum absolute atomic E-state index is 0.488. The summed E-state index contributed by atoms with van der Waals surface area (Å²) < 4.78 is 1.62. The highest BCUT2D eigenvalue weighted by atomic mass is 32.2. The lowest BCUT2D eigenvalue weighted by Crippen LogP contribution is -2.17. The van der Waals surface area contributed by atoms with Crippen molar-refractivity contribution in [3.63, 3.8) is 0 Å². The molecule has 1 unspecified atom stereocenters. The van der Waals surface area contributed by atoms with E-state index in [1.807, 2.05) is 13.0 Å². The topological polar surface area (TPSA) is 80.5 Å². The van der Waals surface area contributed by atoms with Crippen LogP contribution in [0.15, 0.2) is 18.5 Å². The molecule has 0 aliphatic heterocycles. The van der Waals surface area contributed by atoms with E-state index in [1.54, 1.807) is 28.8 Å². The van der Waals surface area contributed by atoms with Gasteiger partial charge < -0.3 is 10.6 Å². The first-order valence-electron chi connectivity index (χ1n) is 6.49. The molecule has 2 aromatic heterocycles. The van der Waals surface area contributed by atoms with Crippen LogP contribution in [0.2, 0.25) is 0 Å². The first-order chi connectivity index (χ1) is 9.72. The van der Waals surface area contributed by atoms with Gasteiger partial charge in [0.25, 0.3) is 5.95 Å². The Hall–Kier alpha value is -1.83. The van der Waals surface area contributed by atoms with E-state index in [4.69, 9.17) is 0 Å². The van der Waals surface area contributed by atoms with Crippen molar-refractivity contribution in [1.29, 1.82) is 0 Å². The molecule has 2 aromatic rings. The molecule has 0 amide bonds. The zero-order valence-electron chi connectivity index (χ0n) is 11.9. The van der Waals surface area contributed by atoms with Crippen LogP contribution in [-0.2, 0) is 0 Å². The van der Waals surface area contributed by atoms with E-state index in [0.717, 1.165) is 13.1 Å². The summed E-state index contributed by atoms with van der Waals surface area (Å²) in [5, 5.41) is 11.0. The molecular weight excluding hydrogens is 274 g/mol. The number of thioether (sulfide) groups is 1. The van der Waals surface area contributed by atoms with E-state index < -0.39 is 0 Å². The van der Waals surface area contributed by atoms with Crippen molar-refractivity contribution in [2.75, 3.05) is 30.0 Å². The SMILES string of the molecule is CCNc1nc(NCC(C)SC)nc(-n2cccn2)n1. The maximum atomic E-state index is 4.38. The van der Waals surface area contributed by atoms with Crippen LogP contribution in [0.3, 0.4) is 0 Å². The van der Waals surface area contributed by atoms with Crippen molar-refractivity contribution >= 4 is 23.7 Å². The van der Waals surface area contributed by atoms with E-state index in [-0.39, 0.29) is 0 Å². The average Bonchev–Trinajstić information content (AvgIpc) is 2.99. The van der Waals surface area contributed by atoms with Gasteiger partial charge >= 0.3 is 0 Å². The third-order valence-electron chi connectivity index (χ3n) is 2.62. The second kappa shape index (κ2) is 7.09. The Balaban J connectivity index is 2.22. The van der Waals surface area contributed by atoms with Gasteiger partial charge in [-0.1, -0.05) is 6.92 Å². The molecular formula is C12H19N7S. The number of nitrogens with zero attached hydrogens (tertiary/aromatic N) is 5. The van der Waals surface area contributed by atoms with Crippen molar-refractivity contribution in [3.05, 3.63) is 18.5 Å². The molecule has 0 spiro atoms. The Morgan fingerprint density at radius 1 is 1.25 bits per heavy atom. The van der Waals surface area contributed by atoms with Gasteiger partial charge in [-0.2, -0.15) is 31.8 Å². The second-order valence-corrected chi connectivity index (χ2v) is 5.47. The van der Waals surface area contributed by atoms with Crippen molar-refractivity contribution in [2.24, 2.45) is 0 Å². The van der Waals surface area contributed by atoms with Crippen LogP contribution < -0.4 is 10.6 Å². The summed E-state index contributed by atoms with van der Waals surface area (Å²) in [5.41, 5.74) is 0. The van der Waals surface area contributed by atoms with Gasteiger partial charge in [0, 0.05) is 30.7 Å². The molecule has 2 heterocycles. The Morgan fingerprint density at radius 3 is 2.60 bits per heavy atom. The summed E-state index contributed by atoms with van der Waals surface area (Å²) in [6.45, 7) is 5.71. The van der Waals surface area contributed by atoms with E-state index in [1.165, 1.54) is 0 Å². The molecule has 0 bridgehead atoms. The molecule has 0 fully saturated rings. The van der Waals surface area contributed by atoms with E-state index in [0.29, 0.717) is 23.1 Å². The fourth-order valence-corrected chi connectivity index (χ4v) is 1.74. The van der Waals surface area contributed by atoms with Gasteiger partial charge in [0.1, 0.15) is 0 Å². The monoisotopic (exact) mass is 293 g/mol. The number of nitrogens with one attached hydrogen (secondary N) is 2. The Bertz CT molecular complexity index is 529. The number of aromatic nitrogens is 5. The number of hydrogen-bond donors (Lipinski definition) is 2. The molecule has 108 valence electrons. The van der Waals surface area contributed by atoms with E-state index in [2.05, 4.69) is 43.9 Å². The Kier molecular flexibility index (Phi) is 5.16. The van der Waals surface area contributed by atoms with Crippen LogP contribution in [0.25, 0.3) is 5.95 Å². The normalized spacial score (nSPS) is 12.2. The third-order valence-corrected chi connectivity index (χ3v) is 3.59. The fourth-order valence-electron chi connectivity index (χ4n) is 1.49. The molecule has 0 saturated heterocycles. The smallest absolute Gasteiger partial charge is 0.257 e. The molecule has 0 aromatic carbocycles. The van der Waals surface area contributed by atoms with Gasteiger partial charge in [0.2, 0.25) is 11.9 Å². The highest BCUT2D eigenvalue weighted by molar-refractivity contribution is 7.99. The average molecular weight is 293 g/mol. The summed E-state index contributed by atoms with van der Waals surface area (Å²) in [6, 6.07) is 1.83. The lowest BCUT2D eigenvalue weighted by molar-refractivity contribution is 0.794. The molecule has 1 atom stereocenters. The summed E-state index contributed by atoms with van der Waals surface area (Å²) in [7, 11) is 0. The molecule has 2 N–H and O–H groups in total. The van der Waals surface area contributed by atoms with Crippen LogP contribution in [0.5, 0.6) is 0 Å². The Labute approximate surface area is 122 Å². The standard InChI is InChI=1S/C12H19N7S/c1-4-13-10-16-11(14-8-9(2)20-3)18-12(17-10)19-7-5-6-15-19/h5-7,9H,4,8H2,1-3H3,(H2,13,14,16,17,18). The lowest BCUT2D eigenvalue weighted by atomic mass is 10.5. The quantitative estimate of drug-likeness (QED) is 0.803. The van der Waals surface area contributed by atoms with Crippen LogP contribution in [0.1, 0.15) is 13.8 Å². The van der Waals surface area contributed by atoms with Gasteiger partial charge in [-0.3, -0.25) is 0 Å². The molecule has 20 heavy (non-hydrogen) atoms. The van der Waals surface area contributed by atoms with Crippen molar-refractivity contribution in [3.8, 4) is 5.95 Å². The van der Waals surface area contributed by atoms with Crippen LogP contribution >= 0.6 is 11.8 Å². The second-order valence-electron chi connectivity index (χ2n) is 4.19. The summed E-state index contributed by atoms with van der Waals surface area (Å²) in [6.07, 6.45) is 5.58. The van der Waals surface area contributed by atoms with Crippen LogP contribution in [0.4, 0.5) is 11.9 Å². The minimum atomic E-state index is 0.488. The molecule has 0 radical (unpaired) electrons. The fraction of sp³-hybridized carbons (Fsp3) is 0.500. The third kappa shape index (κ3) is 3.83. The highest BCUT2D eigenvalue weighted by Crippen LogP contribution is 2.10. The molecule has 7 nitrogen and oxygen atoms in total. The van der Waals surface area contributed by atoms with Gasteiger partial charge in [-0.15, -0.1) is 0 Å². The van der Waals surface area contributed by atoms with Crippen LogP contribution in [0, 0.1) is 0 Å². The number of rotatable bonds is 7. The number of anilines is 2. The summed E-state index contributed by atoms with van der Waals surface area (Å²) in [5.74, 6) is 1.61. The number of hydrogen-bond acceptors (Lipinski definition) is 7. The van der Waals surface area contributed by atoms with Gasteiger partial charge in [-0.25, -0.2) is 4.68 Å². The van der Waals surface area contributed by atoms with Crippen molar-refractivity contribution in [2.45, 2.75) is 19.1 Å². The molecule has 2 rings (SSSR count). The zero-order chi connectivity index (χ0) is 14.4. The molecule has 8 heteroatoms. The van der Waals surface area contributed by atoms with Gasteiger partial charge in [0.15, 0.2) is 0 Å². The van der Waals surface area contributed by atoms with Gasteiger partial charge in [0.05, 0.1) is 0 Å². The van der Waals surface area contributed by atoms with E-state index in [9.17, 15) is 0 Å². The zero-order valence-corrected chi connectivity index (χ0v) is 12.7. The molecule has 0 aliphatic rings. The van der Waals surface area contributed by atoms with E-state index >= 15 is 0 Å². The van der Waals surface area contributed by atoms with Crippen molar-refractivity contribution < 1.29 is 0 Å². The summed E-state index contributed by atoms with van der Waals surface area (Å²) >= 11 is 1.79. The largest absolute Gasteiger partial charge is 0.354 e. The first kappa shape index (κ1) is 14.6. The highest BCUT2D eigenvalue weighted by Gasteiger charge is 2.08. The molecule has 0 saturated carbocycles. The Morgan fingerprint density at radius 2 is 2.00 bits per heavy atom. The molecule has 0 aliphatic carbocycles. The maximum absolute atomic E-state index is 4.38. The first-order valence-corrected chi connectivity index (χ1v) is 7.78. The predicted octanol–water partition coefficient (Wildman–Crippen LogP) is 1.65. The predicted molar refractivity (Wildman–Crippen MR) is 82.6 cm³/mol. The summed E-state index contributed by atoms with van der Waals surface area (Å²) in [4.78, 5) is 13.1.